The first-order chi connectivity index (χ1) is 16.9. The number of hydrogen-bond donors (Lipinski definition) is 4. The summed E-state index contributed by atoms with van der Waals surface area (Å²) in [6, 6.07) is 12.6. The molecule has 2 aromatic heterocycles. The fourth-order valence-electron chi connectivity index (χ4n) is 3.95. The third-order valence-electron chi connectivity index (χ3n) is 5.69. The number of hydrogen-bond acceptors (Lipinski definition) is 8. The third-order valence-corrected chi connectivity index (χ3v) is 6.30. The first-order valence-corrected chi connectivity index (χ1v) is 11.6. The Morgan fingerprint density at radius 1 is 1.20 bits per heavy atom. The molecule has 12 heteroatoms. The number of anilines is 3. The molecule has 0 spiro atoms. The van der Waals surface area contributed by atoms with Crippen LogP contribution in [0, 0.1) is 5.41 Å². The van der Waals surface area contributed by atoms with E-state index in [1.807, 2.05) is 24.3 Å². The predicted molar refractivity (Wildman–Crippen MR) is 134 cm³/mol. The van der Waals surface area contributed by atoms with Gasteiger partial charge in [-0.3, -0.25) is 10.4 Å². The topological polar surface area (TPSA) is 132 Å². The highest BCUT2D eigenvalue weighted by molar-refractivity contribution is 6.37. The van der Waals surface area contributed by atoms with Crippen LogP contribution in [-0.4, -0.2) is 57.0 Å². The van der Waals surface area contributed by atoms with Gasteiger partial charge in [-0.2, -0.15) is 4.98 Å². The molecule has 4 aromatic rings. The van der Waals surface area contributed by atoms with Crippen LogP contribution in [0.5, 0.6) is 0 Å². The Bertz CT molecular complexity index is 1480. The Balaban J connectivity index is 1.42. The SMILES string of the molecule is N=c1c2cnc(Nc3ccc(N4CCOC(CO)C4)cc3)nc2[nH]c(=O)n1-c1c(Cl)cccc1Cl. The smallest absolute Gasteiger partial charge is 0.333 e. The Morgan fingerprint density at radius 2 is 1.94 bits per heavy atom. The van der Waals surface area contributed by atoms with Crippen LogP contribution in [0.15, 0.2) is 53.5 Å². The van der Waals surface area contributed by atoms with Crippen molar-refractivity contribution in [2.45, 2.75) is 6.10 Å². The molecule has 1 aliphatic heterocycles. The zero-order valence-electron chi connectivity index (χ0n) is 18.3. The molecule has 0 bridgehead atoms. The zero-order chi connectivity index (χ0) is 24.5. The van der Waals surface area contributed by atoms with Crippen molar-refractivity contribution < 1.29 is 9.84 Å². The van der Waals surface area contributed by atoms with Gasteiger partial charge in [-0.15, -0.1) is 0 Å². The number of benzene rings is 2. The lowest BCUT2D eigenvalue weighted by molar-refractivity contribution is 0.00357. The van der Waals surface area contributed by atoms with Crippen LogP contribution in [0.3, 0.4) is 0 Å². The molecule has 1 aliphatic rings. The number of aliphatic hydroxyl groups excluding tert-OH is 1. The van der Waals surface area contributed by atoms with E-state index in [1.54, 1.807) is 18.2 Å². The minimum Gasteiger partial charge on any atom is -0.394 e. The van der Waals surface area contributed by atoms with Crippen molar-refractivity contribution in [2.24, 2.45) is 0 Å². The number of nitrogens with zero attached hydrogens (tertiary/aromatic N) is 4. The molecule has 0 saturated carbocycles. The number of halogens is 2. The van der Waals surface area contributed by atoms with Gasteiger partial charge in [0.25, 0.3) is 0 Å². The van der Waals surface area contributed by atoms with Crippen molar-refractivity contribution >= 4 is 51.6 Å². The molecule has 1 unspecified atom stereocenters. The fraction of sp³-hybridized carbons (Fsp3) is 0.217. The van der Waals surface area contributed by atoms with Gasteiger partial charge in [0.15, 0.2) is 5.65 Å². The van der Waals surface area contributed by atoms with Crippen LogP contribution in [0.25, 0.3) is 16.7 Å². The molecule has 5 rings (SSSR count). The lowest BCUT2D eigenvalue weighted by Gasteiger charge is -2.33. The number of H-pyrrole nitrogens is 1. The van der Waals surface area contributed by atoms with Crippen LogP contribution in [0.4, 0.5) is 17.3 Å². The molecule has 4 N–H and O–H groups in total. The number of aliphatic hydroxyl groups is 1. The molecule has 1 atom stereocenters. The van der Waals surface area contributed by atoms with Crippen molar-refractivity contribution in [3.8, 4) is 5.69 Å². The Morgan fingerprint density at radius 3 is 2.66 bits per heavy atom. The van der Waals surface area contributed by atoms with Gasteiger partial charge in [0.1, 0.15) is 5.49 Å². The summed E-state index contributed by atoms with van der Waals surface area (Å²) >= 11 is 12.5. The van der Waals surface area contributed by atoms with Crippen molar-refractivity contribution in [3.05, 3.63) is 74.7 Å². The van der Waals surface area contributed by atoms with Gasteiger partial charge in [-0.1, -0.05) is 29.3 Å². The Hall–Kier alpha value is -3.44. The van der Waals surface area contributed by atoms with Gasteiger partial charge in [-0.05, 0) is 36.4 Å². The van der Waals surface area contributed by atoms with Crippen LogP contribution in [0.1, 0.15) is 0 Å². The number of morpholine rings is 1. The summed E-state index contributed by atoms with van der Waals surface area (Å²) in [6.45, 7) is 1.93. The monoisotopic (exact) mass is 513 g/mol. The van der Waals surface area contributed by atoms with Gasteiger partial charge in [-0.25, -0.2) is 14.3 Å². The highest BCUT2D eigenvalue weighted by Crippen LogP contribution is 2.26. The van der Waals surface area contributed by atoms with Crippen LogP contribution < -0.4 is 21.4 Å². The third kappa shape index (κ3) is 4.61. The molecular formula is C23H21Cl2N7O3. The van der Waals surface area contributed by atoms with E-state index in [1.165, 1.54) is 6.20 Å². The van der Waals surface area contributed by atoms with Crippen LogP contribution >= 0.6 is 23.2 Å². The summed E-state index contributed by atoms with van der Waals surface area (Å²) in [7, 11) is 0. The summed E-state index contributed by atoms with van der Waals surface area (Å²) in [5.74, 6) is 0.264. The quantitative estimate of drug-likeness (QED) is 0.322. The van der Waals surface area contributed by atoms with E-state index in [0.29, 0.717) is 18.5 Å². The lowest BCUT2D eigenvalue weighted by Crippen LogP contribution is -2.44. The predicted octanol–water partition coefficient (Wildman–Crippen LogP) is 2.84. The summed E-state index contributed by atoms with van der Waals surface area (Å²) in [6.07, 6.45) is 1.27. The number of ether oxygens (including phenoxy) is 1. The van der Waals surface area contributed by atoms with Gasteiger partial charge >= 0.3 is 5.69 Å². The van der Waals surface area contributed by atoms with E-state index in [-0.39, 0.29) is 45.5 Å². The van der Waals surface area contributed by atoms with Crippen molar-refractivity contribution in [1.82, 2.24) is 19.5 Å². The van der Waals surface area contributed by atoms with E-state index >= 15 is 0 Å². The minimum absolute atomic E-state index is 0.0109. The Labute approximate surface area is 209 Å². The first kappa shape index (κ1) is 23.3. The maximum absolute atomic E-state index is 12.8. The van der Waals surface area contributed by atoms with Crippen molar-refractivity contribution in [3.63, 3.8) is 0 Å². The largest absolute Gasteiger partial charge is 0.394 e. The van der Waals surface area contributed by atoms with Gasteiger partial charge in [0.05, 0.1) is 40.4 Å². The van der Waals surface area contributed by atoms with Gasteiger partial charge in [0, 0.05) is 30.7 Å². The molecule has 35 heavy (non-hydrogen) atoms. The number of aromatic amines is 1. The molecule has 2 aromatic carbocycles. The second-order valence-corrected chi connectivity index (χ2v) is 8.75. The summed E-state index contributed by atoms with van der Waals surface area (Å²) in [5, 5.41) is 21.8. The fourth-order valence-corrected chi connectivity index (χ4v) is 4.52. The molecule has 0 radical (unpaired) electrons. The molecular weight excluding hydrogens is 493 g/mol. The molecule has 1 fully saturated rings. The van der Waals surface area contributed by atoms with Crippen LogP contribution in [-0.2, 0) is 4.74 Å². The number of para-hydroxylation sites is 1. The summed E-state index contributed by atoms with van der Waals surface area (Å²) < 4.78 is 6.60. The van der Waals surface area contributed by atoms with E-state index in [4.69, 9.17) is 33.3 Å². The van der Waals surface area contributed by atoms with E-state index in [9.17, 15) is 9.90 Å². The lowest BCUT2D eigenvalue weighted by atomic mass is 10.2. The van der Waals surface area contributed by atoms with Crippen molar-refractivity contribution in [2.75, 3.05) is 36.5 Å². The van der Waals surface area contributed by atoms with E-state index < -0.39 is 5.69 Å². The molecule has 180 valence electrons. The highest BCUT2D eigenvalue weighted by Gasteiger charge is 2.20. The number of aromatic nitrogens is 4. The van der Waals surface area contributed by atoms with Gasteiger partial charge in [0.2, 0.25) is 5.95 Å². The molecule has 10 nitrogen and oxygen atoms in total. The van der Waals surface area contributed by atoms with E-state index in [2.05, 4.69) is 25.2 Å². The second-order valence-electron chi connectivity index (χ2n) is 7.93. The zero-order valence-corrected chi connectivity index (χ0v) is 19.8. The average Bonchev–Trinajstić information content (AvgIpc) is 2.86. The summed E-state index contributed by atoms with van der Waals surface area (Å²) in [5.41, 5.74) is 1.46. The molecule has 0 amide bonds. The van der Waals surface area contributed by atoms with Crippen molar-refractivity contribution in [1.29, 1.82) is 5.41 Å². The Kier molecular flexibility index (Phi) is 6.44. The minimum atomic E-state index is -0.599. The second kappa shape index (κ2) is 9.67. The normalized spacial score (nSPS) is 16.0. The molecule has 0 aliphatic carbocycles. The first-order valence-electron chi connectivity index (χ1n) is 10.8. The molecule has 3 heterocycles. The highest BCUT2D eigenvalue weighted by atomic mass is 35.5. The number of fused-ring (bicyclic) bond motifs is 1. The maximum atomic E-state index is 12.8. The number of nitrogens with one attached hydrogen (secondary N) is 3. The molecule has 1 saturated heterocycles. The average molecular weight is 514 g/mol. The number of rotatable bonds is 5. The van der Waals surface area contributed by atoms with Gasteiger partial charge < -0.3 is 20.1 Å². The van der Waals surface area contributed by atoms with Crippen LogP contribution in [0.2, 0.25) is 10.0 Å². The standard InChI is InChI=1S/C23H21Cl2N7O3/c24-17-2-1-3-18(25)19(17)32-20(26)16-10-27-22(29-21(16)30-23(32)34)28-13-4-6-14(7-5-13)31-8-9-35-15(11-31)12-33/h1-7,10,15,26,33H,8-9,11-12H2,(H2,27,28,29,30,34). The van der Waals surface area contributed by atoms with E-state index in [0.717, 1.165) is 22.5 Å². The summed E-state index contributed by atoms with van der Waals surface area (Å²) in [4.78, 5) is 26.3. The maximum Gasteiger partial charge on any atom is 0.333 e.